The fraction of sp³-hybridized carbons (Fsp3) is 0.292. The molecule has 0 aliphatic carbocycles. The molecule has 0 fully saturated rings. The minimum atomic E-state index is -1.61. The Morgan fingerprint density at radius 2 is 1.55 bits per heavy atom. The summed E-state index contributed by atoms with van der Waals surface area (Å²) >= 11 is 6.06. The van der Waals surface area contributed by atoms with Crippen molar-refractivity contribution in [2.45, 2.75) is 19.4 Å². The number of nitrogens with zero attached hydrogens (tertiary/aromatic N) is 3. The Kier molecular flexibility index (Phi) is 5.90. The first kappa shape index (κ1) is 22.8. The molecule has 0 bridgehead atoms. The third kappa shape index (κ3) is 3.20. The second-order valence-corrected chi connectivity index (χ2v) is 7.99. The molecule has 8 nitrogen and oxygen atoms in total. The molecule has 1 amide bonds. The lowest BCUT2D eigenvalue weighted by Gasteiger charge is -2.35. The number of hydrogen-bond donors (Lipinski definition) is 0. The van der Waals surface area contributed by atoms with E-state index in [1.165, 1.54) is 4.90 Å². The summed E-state index contributed by atoms with van der Waals surface area (Å²) in [4.78, 5) is 42.3. The first-order valence-corrected chi connectivity index (χ1v) is 10.9. The van der Waals surface area contributed by atoms with Crippen LogP contribution in [0.4, 0.5) is 11.4 Å². The number of likely N-dealkylation sites (N-methyl/N-ethyl adjacent to an activating group) is 1. The van der Waals surface area contributed by atoms with Gasteiger partial charge in [0.25, 0.3) is 5.91 Å². The molecule has 2 aromatic carbocycles. The van der Waals surface area contributed by atoms with Crippen molar-refractivity contribution in [2.24, 2.45) is 0 Å². The molecule has 172 valence electrons. The maximum atomic E-state index is 14.3. The first-order chi connectivity index (χ1) is 15.8. The van der Waals surface area contributed by atoms with Gasteiger partial charge in [-0.25, -0.2) is 9.59 Å². The number of carbonyl (C=O) groups is 3. The minimum Gasteiger partial charge on any atom is -0.462 e. The molecule has 33 heavy (non-hydrogen) atoms. The number of benzene rings is 2. The summed E-state index contributed by atoms with van der Waals surface area (Å²) in [6.07, 6.45) is 0. The molecule has 1 spiro atoms. The molecular weight excluding hydrogens is 446 g/mol. The molecule has 1 atom stereocenters. The summed E-state index contributed by atoms with van der Waals surface area (Å²) in [5.74, 6) is -2.04. The number of rotatable bonds is 5. The summed E-state index contributed by atoms with van der Waals surface area (Å²) in [6.45, 7) is 3.47. The lowest BCUT2D eigenvalue weighted by molar-refractivity contribution is -0.143. The largest absolute Gasteiger partial charge is 0.462 e. The van der Waals surface area contributed by atoms with Gasteiger partial charge >= 0.3 is 11.9 Å². The second kappa shape index (κ2) is 8.53. The molecular formula is C24H24ClN3O5. The van der Waals surface area contributed by atoms with Gasteiger partial charge in [-0.3, -0.25) is 9.69 Å². The highest BCUT2D eigenvalue weighted by Gasteiger charge is 2.65. The Morgan fingerprint density at radius 3 is 2.18 bits per heavy atom. The van der Waals surface area contributed by atoms with Gasteiger partial charge in [0.15, 0.2) is 5.54 Å². The Hall–Kier alpha value is -3.36. The normalized spacial score (nSPS) is 20.0. The average Bonchev–Trinajstić information content (AvgIpc) is 3.20. The lowest BCUT2D eigenvalue weighted by Crippen LogP contribution is -2.54. The van der Waals surface area contributed by atoms with Crippen LogP contribution in [0, 0.1) is 0 Å². The SMILES string of the molecule is CCOC(=O)C1=C(C(=O)OCC)C2(C(=O)N1c1ccc(Cl)cc1)c1ccccc1N(C)N2C. The van der Waals surface area contributed by atoms with Crippen LogP contribution in [0.15, 0.2) is 59.8 Å². The van der Waals surface area contributed by atoms with E-state index < -0.39 is 23.4 Å². The molecule has 2 heterocycles. The number of para-hydroxylation sites is 1. The molecule has 2 aliphatic rings. The Labute approximate surface area is 196 Å². The van der Waals surface area contributed by atoms with Gasteiger partial charge in [0.1, 0.15) is 11.3 Å². The van der Waals surface area contributed by atoms with Crippen LogP contribution in [0.5, 0.6) is 0 Å². The van der Waals surface area contributed by atoms with Crippen LogP contribution >= 0.6 is 11.6 Å². The van der Waals surface area contributed by atoms with Crippen molar-refractivity contribution in [1.29, 1.82) is 0 Å². The average molecular weight is 470 g/mol. The van der Waals surface area contributed by atoms with E-state index in [0.29, 0.717) is 16.3 Å². The van der Waals surface area contributed by atoms with Crippen molar-refractivity contribution in [1.82, 2.24) is 5.01 Å². The van der Waals surface area contributed by atoms with Crippen LogP contribution in [-0.2, 0) is 29.4 Å². The van der Waals surface area contributed by atoms with E-state index in [2.05, 4.69) is 0 Å². The van der Waals surface area contributed by atoms with E-state index in [-0.39, 0.29) is 24.5 Å². The number of halogens is 1. The number of anilines is 2. The van der Waals surface area contributed by atoms with Crippen LogP contribution < -0.4 is 9.91 Å². The maximum Gasteiger partial charge on any atom is 0.356 e. The van der Waals surface area contributed by atoms with Gasteiger partial charge in [0.2, 0.25) is 0 Å². The maximum absolute atomic E-state index is 14.3. The van der Waals surface area contributed by atoms with Gasteiger partial charge in [0, 0.05) is 30.4 Å². The number of fused-ring (bicyclic) bond motifs is 2. The fourth-order valence-corrected chi connectivity index (χ4v) is 4.63. The van der Waals surface area contributed by atoms with Gasteiger partial charge in [-0.2, -0.15) is 5.01 Å². The summed E-state index contributed by atoms with van der Waals surface area (Å²) in [7, 11) is 3.49. The van der Waals surface area contributed by atoms with E-state index in [1.807, 2.05) is 12.1 Å². The van der Waals surface area contributed by atoms with Crippen molar-refractivity contribution in [3.8, 4) is 0 Å². The Bertz CT molecular complexity index is 1160. The van der Waals surface area contributed by atoms with Gasteiger partial charge in [-0.05, 0) is 44.2 Å². The van der Waals surface area contributed by atoms with Crippen molar-refractivity contribution in [3.63, 3.8) is 0 Å². The van der Waals surface area contributed by atoms with Gasteiger partial charge in [-0.1, -0.05) is 29.8 Å². The number of amides is 1. The molecule has 1 unspecified atom stereocenters. The molecule has 2 aromatic rings. The third-order valence-corrected chi connectivity index (χ3v) is 6.20. The monoisotopic (exact) mass is 469 g/mol. The summed E-state index contributed by atoms with van der Waals surface area (Å²) in [5, 5.41) is 3.90. The van der Waals surface area contributed by atoms with Gasteiger partial charge < -0.3 is 14.5 Å². The minimum absolute atomic E-state index is 0.0699. The first-order valence-electron chi connectivity index (χ1n) is 10.6. The van der Waals surface area contributed by atoms with Crippen LogP contribution in [-0.4, -0.2) is 50.2 Å². The van der Waals surface area contributed by atoms with Crippen LogP contribution in [0.25, 0.3) is 0 Å². The zero-order valence-electron chi connectivity index (χ0n) is 18.8. The standard InChI is InChI=1S/C24H24ClN3O5/c1-5-32-21(29)19-20(22(30)33-6-2)28(16-13-11-15(25)12-14-16)23(31)24(19)17-9-7-8-10-18(17)26(3)27(24)4/h7-14H,5-6H2,1-4H3. The number of hydrogen-bond acceptors (Lipinski definition) is 7. The van der Waals surface area contributed by atoms with E-state index in [0.717, 1.165) is 5.69 Å². The van der Waals surface area contributed by atoms with Crippen molar-refractivity contribution in [2.75, 3.05) is 37.2 Å². The van der Waals surface area contributed by atoms with Crippen LogP contribution in [0.2, 0.25) is 5.02 Å². The smallest absolute Gasteiger partial charge is 0.356 e. The summed E-state index contributed by atoms with van der Waals surface area (Å²) in [5.41, 5.74) is -0.176. The lowest BCUT2D eigenvalue weighted by atomic mass is 9.83. The molecule has 0 saturated carbocycles. The van der Waals surface area contributed by atoms with E-state index in [1.54, 1.807) is 74.4 Å². The molecule has 0 aromatic heterocycles. The van der Waals surface area contributed by atoms with Crippen molar-refractivity contribution < 1.29 is 23.9 Å². The van der Waals surface area contributed by atoms with Crippen molar-refractivity contribution in [3.05, 3.63) is 70.4 Å². The van der Waals surface area contributed by atoms with Crippen molar-refractivity contribution >= 4 is 40.8 Å². The van der Waals surface area contributed by atoms with E-state index in [9.17, 15) is 14.4 Å². The molecule has 2 aliphatic heterocycles. The topological polar surface area (TPSA) is 79.4 Å². The third-order valence-electron chi connectivity index (χ3n) is 5.95. The predicted molar refractivity (Wildman–Crippen MR) is 124 cm³/mol. The second-order valence-electron chi connectivity index (χ2n) is 7.56. The molecule has 0 N–H and O–H groups in total. The van der Waals surface area contributed by atoms with Gasteiger partial charge in [-0.15, -0.1) is 0 Å². The number of carbonyl (C=O) groups excluding carboxylic acids is 3. The molecule has 0 radical (unpaired) electrons. The van der Waals surface area contributed by atoms with Crippen LogP contribution in [0.1, 0.15) is 19.4 Å². The zero-order valence-corrected chi connectivity index (χ0v) is 19.5. The highest BCUT2D eigenvalue weighted by Crippen LogP contribution is 2.54. The van der Waals surface area contributed by atoms with E-state index >= 15 is 0 Å². The molecule has 0 saturated heterocycles. The summed E-state index contributed by atoms with van der Waals surface area (Å²) in [6, 6.07) is 13.7. The van der Waals surface area contributed by atoms with Gasteiger partial charge in [0.05, 0.1) is 18.9 Å². The Morgan fingerprint density at radius 1 is 0.939 bits per heavy atom. The number of hydrazine groups is 1. The number of esters is 2. The number of ether oxygens (including phenoxy) is 2. The Balaban J connectivity index is 2.09. The predicted octanol–water partition coefficient (Wildman–Crippen LogP) is 3.26. The fourth-order valence-electron chi connectivity index (χ4n) is 4.50. The summed E-state index contributed by atoms with van der Waals surface area (Å²) < 4.78 is 10.7. The van der Waals surface area contributed by atoms with E-state index in [4.69, 9.17) is 21.1 Å². The highest BCUT2D eigenvalue weighted by molar-refractivity contribution is 6.30. The quantitative estimate of drug-likeness (QED) is 0.622. The van der Waals surface area contributed by atoms with Crippen LogP contribution in [0.3, 0.4) is 0 Å². The molecule has 4 rings (SSSR count). The highest BCUT2D eigenvalue weighted by atomic mass is 35.5. The molecule has 9 heteroatoms. The zero-order chi connectivity index (χ0) is 23.9.